The van der Waals surface area contributed by atoms with Crippen molar-refractivity contribution in [1.29, 1.82) is 0 Å². The Morgan fingerprint density at radius 3 is 3.13 bits per heavy atom. The minimum atomic E-state index is -0.233. The first kappa shape index (κ1) is 10.6. The fourth-order valence-corrected chi connectivity index (χ4v) is 1.84. The van der Waals surface area contributed by atoms with Crippen LogP contribution in [0.5, 0.6) is 0 Å². The van der Waals surface area contributed by atoms with Crippen LogP contribution in [-0.4, -0.2) is 25.8 Å². The fraction of sp³-hybridized carbons (Fsp3) is 0.500. The van der Waals surface area contributed by atoms with Gasteiger partial charge in [0.2, 0.25) is 0 Å². The van der Waals surface area contributed by atoms with E-state index in [4.69, 9.17) is 4.74 Å². The largest absolute Gasteiger partial charge is 0.375 e. The number of benzene rings is 1. The van der Waals surface area contributed by atoms with Crippen molar-refractivity contribution in [1.82, 2.24) is 5.32 Å². The van der Waals surface area contributed by atoms with E-state index in [0.717, 1.165) is 25.3 Å². The highest BCUT2D eigenvalue weighted by Crippen LogP contribution is 2.22. The van der Waals surface area contributed by atoms with E-state index in [1.165, 1.54) is 6.07 Å². The van der Waals surface area contributed by atoms with Gasteiger partial charge < -0.3 is 10.1 Å². The van der Waals surface area contributed by atoms with Crippen molar-refractivity contribution in [3.05, 3.63) is 35.6 Å². The Kier molecular flexibility index (Phi) is 3.34. The highest BCUT2D eigenvalue weighted by atomic mass is 19.1. The highest BCUT2D eigenvalue weighted by molar-refractivity contribution is 5.20. The third-order valence-corrected chi connectivity index (χ3v) is 2.82. The first-order chi connectivity index (χ1) is 7.27. The Bertz CT molecular complexity index is 323. The summed E-state index contributed by atoms with van der Waals surface area (Å²) >= 11 is 0. The standard InChI is InChI=1S/C12H15FNO/c1-9(12-8-14-5-6-15-12)10-3-2-4-11(13)7-10/h3-4,7,9,12,14H,5-6,8H2,1H3. The minimum absolute atomic E-state index is 0.133. The molecule has 0 aliphatic carbocycles. The van der Waals surface area contributed by atoms with E-state index in [1.807, 2.05) is 6.07 Å². The summed E-state index contributed by atoms with van der Waals surface area (Å²) in [6, 6.07) is 7.52. The second-order valence-electron chi connectivity index (χ2n) is 3.89. The van der Waals surface area contributed by atoms with Crippen LogP contribution in [0.25, 0.3) is 0 Å². The maximum atomic E-state index is 13.0. The predicted molar refractivity (Wildman–Crippen MR) is 56.3 cm³/mol. The highest BCUT2D eigenvalue weighted by Gasteiger charge is 2.22. The molecular formula is C12H15FNO. The van der Waals surface area contributed by atoms with E-state index >= 15 is 0 Å². The Morgan fingerprint density at radius 1 is 1.60 bits per heavy atom. The SMILES string of the molecule is CC(c1c[c]cc(F)c1)C1CNCCO1. The van der Waals surface area contributed by atoms with Gasteiger partial charge in [-0.25, -0.2) is 4.39 Å². The summed E-state index contributed by atoms with van der Waals surface area (Å²) in [5.41, 5.74) is 0.948. The van der Waals surface area contributed by atoms with E-state index in [-0.39, 0.29) is 17.8 Å². The van der Waals surface area contributed by atoms with Crippen LogP contribution in [0.15, 0.2) is 18.2 Å². The molecule has 1 N–H and O–H groups in total. The van der Waals surface area contributed by atoms with Crippen molar-refractivity contribution in [3.63, 3.8) is 0 Å². The molecule has 1 saturated heterocycles. The van der Waals surface area contributed by atoms with Gasteiger partial charge in [-0.15, -0.1) is 0 Å². The molecule has 0 aromatic heterocycles. The van der Waals surface area contributed by atoms with Crippen molar-refractivity contribution in [2.45, 2.75) is 18.9 Å². The van der Waals surface area contributed by atoms with Crippen molar-refractivity contribution >= 4 is 0 Å². The lowest BCUT2D eigenvalue weighted by molar-refractivity contribution is 0.0146. The molecule has 15 heavy (non-hydrogen) atoms. The molecule has 81 valence electrons. The molecule has 2 unspecified atom stereocenters. The fourth-order valence-electron chi connectivity index (χ4n) is 1.84. The molecule has 1 aliphatic heterocycles. The van der Waals surface area contributed by atoms with Crippen LogP contribution < -0.4 is 5.32 Å². The summed E-state index contributed by atoms with van der Waals surface area (Å²) in [7, 11) is 0. The van der Waals surface area contributed by atoms with Gasteiger partial charge in [-0.2, -0.15) is 0 Å². The summed E-state index contributed by atoms with van der Waals surface area (Å²) in [4.78, 5) is 0. The van der Waals surface area contributed by atoms with Gasteiger partial charge in [0, 0.05) is 19.0 Å². The van der Waals surface area contributed by atoms with Gasteiger partial charge >= 0.3 is 0 Å². The second-order valence-corrected chi connectivity index (χ2v) is 3.89. The molecule has 0 saturated carbocycles. The zero-order valence-corrected chi connectivity index (χ0v) is 8.79. The summed E-state index contributed by atoms with van der Waals surface area (Å²) in [5.74, 6) is -0.0344. The number of morpholine rings is 1. The van der Waals surface area contributed by atoms with E-state index in [1.54, 1.807) is 6.07 Å². The third kappa shape index (κ3) is 2.55. The van der Waals surface area contributed by atoms with E-state index in [9.17, 15) is 4.39 Å². The monoisotopic (exact) mass is 208 g/mol. The number of nitrogens with one attached hydrogen (secondary N) is 1. The lowest BCUT2D eigenvalue weighted by atomic mass is 9.94. The third-order valence-electron chi connectivity index (χ3n) is 2.82. The molecule has 1 fully saturated rings. The number of hydrogen-bond donors (Lipinski definition) is 1. The van der Waals surface area contributed by atoms with Gasteiger partial charge in [-0.05, 0) is 23.8 Å². The molecule has 0 spiro atoms. The van der Waals surface area contributed by atoms with Crippen LogP contribution in [0, 0.1) is 11.9 Å². The van der Waals surface area contributed by atoms with Gasteiger partial charge in [0.05, 0.1) is 12.7 Å². The number of ether oxygens (including phenoxy) is 1. The molecule has 3 heteroatoms. The van der Waals surface area contributed by atoms with Gasteiger partial charge in [-0.3, -0.25) is 0 Å². The summed E-state index contributed by atoms with van der Waals surface area (Å²) in [6.07, 6.45) is 0.133. The smallest absolute Gasteiger partial charge is 0.124 e. The quantitative estimate of drug-likeness (QED) is 0.799. The van der Waals surface area contributed by atoms with E-state index < -0.39 is 0 Å². The Labute approximate surface area is 89.4 Å². The van der Waals surface area contributed by atoms with Crippen molar-refractivity contribution < 1.29 is 9.13 Å². The second kappa shape index (κ2) is 4.73. The average Bonchev–Trinajstić information content (AvgIpc) is 2.29. The summed E-state index contributed by atoms with van der Waals surface area (Å²) in [6.45, 7) is 4.52. The molecule has 2 atom stereocenters. The normalized spacial score (nSPS) is 23.7. The summed E-state index contributed by atoms with van der Waals surface area (Å²) < 4.78 is 18.6. The molecular weight excluding hydrogens is 193 g/mol. The Hall–Kier alpha value is -0.930. The lowest BCUT2D eigenvalue weighted by Crippen LogP contribution is -2.41. The van der Waals surface area contributed by atoms with E-state index in [0.29, 0.717) is 0 Å². The van der Waals surface area contributed by atoms with Crippen LogP contribution in [0.1, 0.15) is 18.4 Å². The van der Waals surface area contributed by atoms with Crippen molar-refractivity contribution in [2.24, 2.45) is 0 Å². The molecule has 0 amide bonds. The molecule has 1 radical (unpaired) electrons. The Balaban J connectivity index is 2.08. The topological polar surface area (TPSA) is 21.3 Å². The van der Waals surface area contributed by atoms with Gasteiger partial charge in [0.25, 0.3) is 0 Å². The summed E-state index contributed by atoms with van der Waals surface area (Å²) in [5, 5.41) is 3.27. The maximum absolute atomic E-state index is 13.0. The van der Waals surface area contributed by atoms with E-state index in [2.05, 4.69) is 18.3 Å². The van der Waals surface area contributed by atoms with Gasteiger partial charge in [0.1, 0.15) is 5.82 Å². The van der Waals surface area contributed by atoms with Crippen molar-refractivity contribution in [3.8, 4) is 0 Å². The predicted octanol–water partition coefficient (Wildman–Crippen LogP) is 1.72. The van der Waals surface area contributed by atoms with Gasteiger partial charge in [-0.1, -0.05) is 13.0 Å². The van der Waals surface area contributed by atoms with Crippen LogP contribution in [0.2, 0.25) is 0 Å². The Morgan fingerprint density at radius 2 is 2.47 bits per heavy atom. The zero-order valence-electron chi connectivity index (χ0n) is 8.79. The van der Waals surface area contributed by atoms with Crippen LogP contribution in [0.4, 0.5) is 4.39 Å². The molecule has 1 aliphatic rings. The van der Waals surface area contributed by atoms with Crippen LogP contribution in [-0.2, 0) is 4.74 Å². The van der Waals surface area contributed by atoms with Crippen molar-refractivity contribution in [2.75, 3.05) is 19.7 Å². The average molecular weight is 208 g/mol. The molecule has 1 heterocycles. The zero-order chi connectivity index (χ0) is 10.7. The van der Waals surface area contributed by atoms with Crippen LogP contribution in [0.3, 0.4) is 0 Å². The first-order valence-electron chi connectivity index (χ1n) is 5.26. The number of halogens is 1. The molecule has 2 nitrogen and oxygen atoms in total. The minimum Gasteiger partial charge on any atom is -0.375 e. The van der Waals surface area contributed by atoms with Crippen LogP contribution >= 0.6 is 0 Å². The maximum Gasteiger partial charge on any atom is 0.124 e. The number of hydrogen-bond acceptors (Lipinski definition) is 2. The number of rotatable bonds is 2. The molecule has 1 aromatic rings. The molecule has 2 rings (SSSR count). The first-order valence-corrected chi connectivity index (χ1v) is 5.26. The lowest BCUT2D eigenvalue weighted by Gasteiger charge is -2.29. The molecule has 0 bridgehead atoms. The van der Waals surface area contributed by atoms with Gasteiger partial charge in [0.15, 0.2) is 0 Å². The molecule has 1 aromatic carbocycles.